The molecule has 0 saturated heterocycles. The summed E-state index contributed by atoms with van der Waals surface area (Å²) < 4.78 is 14.1. The zero-order valence-corrected chi connectivity index (χ0v) is 18.2. The summed E-state index contributed by atoms with van der Waals surface area (Å²) in [6, 6.07) is 9.64. The molecule has 162 valence electrons. The van der Waals surface area contributed by atoms with Gasteiger partial charge in [-0.2, -0.15) is 5.26 Å². The van der Waals surface area contributed by atoms with Crippen LogP contribution in [0.4, 0.5) is 5.82 Å². The van der Waals surface area contributed by atoms with Crippen LogP contribution in [0.1, 0.15) is 59.5 Å². The van der Waals surface area contributed by atoms with E-state index < -0.39 is 11.7 Å². The Bertz CT molecular complexity index is 1300. The number of aryl methyl sites for hydroxylation is 2. The molecule has 0 amide bonds. The molecule has 1 fully saturated rings. The first-order valence-corrected chi connectivity index (χ1v) is 10.6. The number of nitrogens with two attached hydrogens (primary N) is 1. The van der Waals surface area contributed by atoms with Gasteiger partial charge < -0.3 is 15.2 Å². The Hall–Kier alpha value is -3.86. The second-order valence-corrected chi connectivity index (χ2v) is 8.50. The van der Waals surface area contributed by atoms with Crippen LogP contribution in [0.3, 0.4) is 0 Å². The van der Waals surface area contributed by atoms with Crippen LogP contribution < -0.4 is 15.2 Å². The molecule has 32 heavy (non-hydrogen) atoms. The lowest BCUT2D eigenvalue weighted by atomic mass is 9.73. The summed E-state index contributed by atoms with van der Waals surface area (Å²) in [6.45, 7) is 3.86. The number of nitrogen functional groups attached to an aromatic ring is 1. The van der Waals surface area contributed by atoms with Crippen molar-refractivity contribution in [3.05, 3.63) is 52.8 Å². The highest BCUT2D eigenvalue weighted by molar-refractivity contribution is 6.04. The first kappa shape index (κ1) is 20.1. The third-order valence-electron chi connectivity index (χ3n) is 6.35. The Balaban J connectivity index is 1.79. The fraction of sp³-hybridized carbons (Fsp3) is 0.333. The van der Waals surface area contributed by atoms with Crippen molar-refractivity contribution in [2.45, 2.75) is 44.8 Å². The summed E-state index contributed by atoms with van der Waals surface area (Å²) in [6.07, 6.45) is 3.15. The average molecular weight is 429 g/mol. The maximum atomic E-state index is 13.8. The van der Waals surface area contributed by atoms with Crippen LogP contribution in [0.5, 0.6) is 11.6 Å². The Morgan fingerprint density at radius 2 is 2.09 bits per heavy atom. The van der Waals surface area contributed by atoms with Gasteiger partial charge in [-0.25, -0.2) is 4.98 Å². The number of pyridine rings is 1. The maximum absolute atomic E-state index is 13.8. The molecular formula is C24H23N5O3. The predicted octanol–water partition coefficient (Wildman–Crippen LogP) is 3.88. The molecule has 3 aromatic rings. The van der Waals surface area contributed by atoms with E-state index in [4.69, 9.17) is 15.2 Å². The number of benzene rings is 1. The number of ether oxygens (including phenoxy) is 2. The summed E-state index contributed by atoms with van der Waals surface area (Å²) in [5, 5.41) is 14.2. The van der Waals surface area contributed by atoms with Crippen LogP contribution in [-0.4, -0.2) is 26.1 Å². The van der Waals surface area contributed by atoms with Gasteiger partial charge in [0.15, 0.2) is 17.2 Å². The first-order chi connectivity index (χ1) is 15.3. The Kier molecular flexibility index (Phi) is 4.45. The van der Waals surface area contributed by atoms with Gasteiger partial charge in [0.05, 0.1) is 5.56 Å². The molecule has 1 aliphatic heterocycles. The number of carbonyl (C=O) groups is 1. The summed E-state index contributed by atoms with van der Waals surface area (Å²) in [7, 11) is 1.67. The SMILES string of the molecule is Cc1ccc2c(c1)[C@@H](C)Oc1cc(cnc1N)-c1c(nn(C)c1C#N)OC1(CCC1)C2=O. The third kappa shape index (κ3) is 2.93. The Morgan fingerprint density at radius 3 is 2.78 bits per heavy atom. The number of aromatic nitrogens is 3. The lowest BCUT2D eigenvalue weighted by Gasteiger charge is -2.40. The summed E-state index contributed by atoms with van der Waals surface area (Å²) in [5.74, 6) is 0.725. The van der Waals surface area contributed by atoms with Crippen molar-refractivity contribution in [2.24, 2.45) is 7.05 Å². The summed E-state index contributed by atoms with van der Waals surface area (Å²) >= 11 is 0. The normalized spacial score (nSPS) is 18.7. The average Bonchev–Trinajstić information content (AvgIpc) is 3.05. The molecule has 2 bridgehead atoms. The highest BCUT2D eigenvalue weighted by Gasteiger charge is 2.49. The first-order valence-electron chi connectivity index (χ1n) is 10.6. The lowest BCUT2D eigenvalue weighted by molar-refractivity contribution is 0.00183. The fourth-order valence-electron chi connectivity index (χ4n) is 4.43. The van der Waals surface area contributed by atoms with Gasteiger partial charge >= 0.3 is 0 Å². The van der Waals surface area contributed by atoms with Crippen LogP contribution in [-0.2, 0) is 7.05 Å². The van der Waals surface area contributed by atoms with Crippen molar-refractivity contribution in [1.82, 2.24) is 14.8 Å². The van der Waals surface area contributed by atoms with Crippen molar-refractivity contribution >= 4 is 11.6 Å². The van der Waals surface area contributed by atoms with E-state index in [-0.39, 0.29) is 17.5 Å². The number of nitriles is 1. The molecule has 0 radical (unpaired) electrons. The number of hydrogen-bond donors (Lipinski definition) is 1. The number of ketones is 1. The summed E-state index contributed by atoms with van der Waals surface area (Å²) in [5.41, 5.74) is 8.80. The standard InChI is InChI=1S/C24H23N5O3/c1-13-5-6-16-17(9-13)14(2)31-19-10-15(12-27-22(19)26)20-18(11-25)29(3)28-23(20)32-24(21(16)30)7-4-8-24/h5-6,9-10,12,14H,4,7-8H2,1-3H3,(H2,26,27)/t14-/m1/s1. The number of fused-ring (bicyclic) bond motifs is 5. The number of anilines is 1. The third-order valence-corrected chi connectivity index (χ3v) is 6.35. The molecule has 2 N–H and O–H groups in total. The van der Waals surface area contributed by atoms with E-state index in [9.17, 15) is 10.1 Å². The lowest BCUT2D eigenvalue weighted by Crippen LogP contribution is -2.51. The van der Waals surface area contributed by atoms with Gasteiger partial charge in [0.1, 0.15) is 17.9 Å². The van der Waals surface area contributed by atoms with E-state index >= 15 is 0 Å². The number of nitrogens with zero attached hydrogens (tertiary/aromatic N) is 4. The van der Waals surface area contributed by atoms with Crippen molar-refractivity contribution in [1.29, 1.82) is 5.26 Å². The molecule has 5 rings (SSSR count). The molecule has 8 nitrogen and oxygen atoms in total. The molecule has 2 aliphatic rings. The monoisotopic (exact) mass is 429 g/mol. The zero-order chi connectivity index (χ0) is 22.6. The maximum Gasteiger partial charge on any atom is 0.243 e. The van der Waals surface area contributed by atoms with Crippen LogP contribution in [0, 0.1) is 18.3 Å². The smallest absolute Gasteiger partial charge is 0.243 e. The minimum absolute atomic E-state index is 0.0976. The Morgan fingerprint density at radius 1 is 1.31 bits per heavy atom. The quantitative estimate of drug-likeness (QED) is 0.576. The predicted molar refractivity (Wildman–Crippen MR) is 117 cm³/mol. The van der Waals surface area contributed by atoms with Crippen molar-refractivity contribution in [3.63, 3.8) is 0 Å². The minimum atomic E-state index is -1.02. The number of Topliss-reactive ketones (excluding diaryl/α,β-unsaturated/α-hetero) is 1. The number of rotatable bonds is 0. The van der Waals surface area contributed by atoms with Crippen molar-refractivity contribution < 1.29 is 14.3 Å². The van der Waals surface area contributed by atoms with E-state index in [0.29, 0.717) is 41.0 Å². The fourth-order valence-corrected chi connectivity index (χ4v) is 4.43. The largest absolute Gasteiger partial charge is 0.482 e. The highest BCUT2D eigenvalue weighted by Crippen LogP contribution is 2.45. The molecule has 1 atom stereocenters. The van der Waals surface area contributed by atoms with E-state index in [2.05, 4.69) is 16.2 Å². The number of carbonyl (C=O) groups excluding carboxylic acids is 1. The highest BCUT2D eigenvalue weighted by atomic mass is 16.5. The van der Waals surface area contributed by atoms with Gasteiger partial charge in [-0.3, -0.25) is 9.48 Å². The van der Waals surface area contributed by atoms with Gasteiger partial charge in [0.2, 0.25) is 11.7 Å². The molecule has 3 heterocycles. The second-order valence-electron chi connectivity index (χ2n) is 8.50. The van der Waals surface area contributed by atoms with Crippen LogP contribution in [0.2, 0.25) is 0 Å². The molecular weight excluding hydrogens is 406 g/mol. The van der Waals surface area contributed by atoms with E-state index in [0.717, 1.165) is 17.5 Å². The molecule has 2 aromatic heterocycles. The molecule has 8 heteroatoms. The van der Waals surface area contributed by atoms with Gasteiger partial charge in [-0.15, -0.1) is 5.10 Å². The molecule has 1 saturated carbocycles. The van der Waals surface area contributed by atoms with E-state index in [1.807, 2.05) is 32.0 Å². The van der Waals surface area contributed by atoms with Crippen molar-refractivity contribution in [3.8, 4) is 28.8 Å². The minimum Gasteiger partial charge on any atom is -0.482 e. The van der Waals surface area contributed by atoms with Gasteiger partial charge in [-0.05, 0) is 39.2 Å². The second kappa shape index (κ2) is 7.09. The van der Waals surface area contributed by atoms with Crippen molar-refractivity contribution in [2.75, 3.05) is 5.73 Å². The van der Waals surface area contributed by atoms with E-state index in [1.54, 1.807) is 19.3 Å². The molecule has 1 aliphatic carbocycles. The molecule has 1 spiro atoms. The van der Waals surface area contributed by atoms with Gasteiger partial charge in [-0.1, -0.05) is 23.8 Å². The summed E-state index contributed by atoms with van der Waals surface area (Å²) in [4.78, 5) is 18.1. The Labute approximate surface area is 185 Å². The molecule has 1 aromatic carbocycles. The van der Waals surface area contributed by atoms with Gasteiger partial charge in [0, 0.05) is 29.9 Å². The van der Waals surface area contributed by atoms with Crippen LogP contribution in [0.25, 0.3) is 11.1 Å². The van der Waals surface area contributed by atoms with Gasteiger partial charge in [0.25, 0.3) is 0 Å². The molecule has 0 unspecified atom stereocenters. The zero-order valence-electron chi connectivity index (χ0n) is 18.2. The van der Waals surface area contributed by atoms with Crippen LogP contribution >= 0.6 is 0 Å². The number of hydrogen-bond acceptors (Lipinski definition) is 7. The van der Waals surface area contributed by atoms with Crippen LogP contribution in [0.15, 0.2) is 30.5 Å². The van der Waals surface area contributed by atoms with E-state index in [1.165, 1.54) is 4.68 Å². The topological polar surface area (TPSA) is 116 Å².